The lowest BCUT2D eigenvalue weighted by molar-refractivity contribution is -0.120. The molecule has 0 bridgehead atoms. The van der Waals surface area contributed by atoms with Crippen LogP contribution in [0.4, 0.5) is 0 Å². The Balaban J connectivity index is 1.50. The zero-order valence-electron chi connectivity index (χ0n) is 14.6. The van der Waals surface area contributed by atoms with E-state index in [0.717, 1.165) is 41.6 Å². The Bertz CT molecular complexity index is 899. The number of carbonyl (C=O) groups is 1. The van der Waals surface area contributed by atoms with Crippen molar-refractivity contribution in [2.45, 2.75) is 32.2 Å². The van der Waals surface area contributed by atoms with E-state index in [2.05, 4.69) is 35.3 Å². The van der Waals surface area contributed by atoms with Gasteiger partial charge in [0.1, 0.15) is 5.58 Å². The smallest absolute Gasteiger partial charge is 0.224 e. The first kappa shape index (κ1) is 16.2. The van der Waals surface area contributed by atoms with Crippen LogP contribution < -0.4 is 5.32 Å². The number of nitrogens with zero attached hydrogens (tertiary/aromatic N) is 1. The van der Waals surface area contributed by atoms with Gasteiger partial charge in [0, 0.05) is 23.5 Å². The maximum absolute atomic E-state index is 12.5. The molecule has 1 fully saturated rings. The topological polar surface area (TPSA) is 45.5 Å². The minimum absolute atomic E-state index is 0.0681. The van der Waals surface area contributed by atoms with Gasteiger partial charge in [-0.05, 0) is 42.8 Å². The Hall–Kier alpha value is -2.33. The largest absolute Gasteiger partial charge is 0.464 e. The highest BCUT2D eigenvalue weighted by atomic mass is 16.3. The van der Waals surface area contributed by atoms with Crippen LogP contribution in [-0.4, -0.2) is 36.5 Å². The SMILES string of the molecule is CCN1CCCC1CNC(=O)Cc1coc2ccc3ccccc3c12. The van der Waals surface area contributed by atoms with Gasteiger partial charge in [0.2, 0.25) is 5.91 Å². The van der Waals surface area contributed by atoms with Gasteiger partial charge in [-0.15, -0.1) is 0 Å². The number of hydrogen-bond donors (Lipinski definition) is 1. The zero-order chi connectivity index (χ0) is 17.2. The van der Waals surface area contributed by atoms with Crippen LogP contribution in [0.2, 0.25) is 0 Å². The van der Waals surface area contributed by atoms with Crippen molar-refractivity contribution in [3.05, 3.63) is 48.2 Å². The number of fused-ring (bicyclic) bond motifs is 3. The van der Waals surface area contributed by atoms with E-state index < -0.39 is 0 Å². The lowest BCUT2D eigenvalue weighted by atomic mass is 10.0. The molecule has 3 aromatic rings. The Morgan fingerprint density at radius 1 is 1.28 bits per heavy atom. The van der Waals surface area contributed by atoms with Gasteiger partial charge >= 0.3 is 0 Å². The van der Waals surface area contributed by atoms with E-state index in [1.54, 1.807) is 6.26 Å². The Morgan fingerprint density at radius 2 is 2.16 bits per heavy atom. The van der Waals surface area contributed by atoms with Crippen LogP contribution in [0.25, 0.3) is 21.7 Å². The molecule has 0 aliphatic carbocycles. The van der Waals surface area contributed by atoms with Crippen LogP contribution in [0.3, 0.4) is 0 Å². The summed E-state index contributed by atoms with van der Waals surface area (Å²) in [6, 6.07) is 12.8. The fourth-order valence-corrected chi connectivity index (χ4v) is 4.01. The molecule has 4 rings (SSSR count). The second-order valence-electron chi connectivity index (χ2n) is 6.83. The van der Waals surface area contributed by atoms with E-state index in [9.17, 15) is 4.79 Å². The Morgan fingerprint density at radius 3 is 3.04 bits per heavy atom. The lowest BCUT2D eigenvalue weighted by Gasteiger charge is -2.22. The monoisotopic (exact) mass is 336 g/mol. The van der Waals surface area contributed by atoms with Gasteiger partial charge in [-0.25, -0.2) is 0 Å². The molecular weight excluding hydrogens is 312 g/mol. The van der Waals surface area contributed by atoms with Gasteiger partial charge in [-0.1, -0.05) is 37.3 Å². The van der Waals surface area contributed by atoms with Gasteiger partial charge in [0.05, 0.1) is 12.7 Å². The fourth-order valence-electron chi connectivity index (χ4n) is 4.01. The van der Waals surface area contributed by atoms with Crippen molar-refractivity contribution in [1.29, 1.82) is 0 Å². The maximum atomic E-state index is 12.5. The molecule has 1 saturated heterocycles. The molecule has 1 aliphatic heterocycles. The van der Waals surface area contributed by atoms with Crippen molar-refractivity contribution in [2.24, 2.45) is 0 Å². The number of rotatable bonds is 5. The van der Waals surface area contributed by atoms with Crippen LogP contribution in [0.15, 0.2) is 47.1 Å². The van der Waals surface area contributed by atoms with Crippen LogP contribution in [-0.2, 0) is 11.2 Å². The van der Waals surface area contributed by atoms with Crippen LogP contribution in [0, 0.1) is 0 Å². The number of hydrogen-bond acceptors (Lipinski definition) is 3. The molecular formula is C21H24N2O2. The van der Waals surface area contributed by atoms with E-state index in [1.165, 1.54) is 18.2 Å². The summed E-state index contributed by atoms with van der Waals surface area (Å²) in [6.07, 6.45) is 4.49. The molecule has 0 spiro atoms. The first-order chi connectivity index (χ1) is 12.3. The number of furan rings is 1. The van der Waals surface area contributed by atoms with E-state index in [4.69, 9.17) is 4.42 Å². The standard InChI is InChI=1S/C21H24N2O2/c1-2-23-11-5-7-17(23)13-22-20(24)12-16-14-25-19-10-9-15-6-3-4-8-18(15)21(16)19/h3-4,6,8-10,14,17H,2,5,7,11-13H2,1H3,(H,22,24). The predicted octanol–water partition coefficient (Wildman–Crippen LogP) is 3.73. The van der Waals surface area contributed by atoms with Crippen molar-refractivity contribution < 1.29 is 9.21 Å². The molecule has 0 saturated carbocycles. The quantitative estimate of drug-likeness (QED) is 0.772. The number of likely N-dealkylation sites (tertiary alicyclic amines) is 1. The summed E-state index contributed by atoms with van der Waals surface area (Å²) in [5, 5.41) is 6.49. The minimum Gasteiger partial charge on any atom is -0.464 e. The van der Waals surface area contributed by atoms with Gasteiger partial charge in [-0.3, -0.25) is 9.69 Å². The number of carbonyl (C=O) groups excluding carboxylic acids is 1. The number of benzene rings is 2. The summed E-state index contributed by atoms with van der Waals surface area (Å²) in [6.45, 7) is 5.13. The second-order valence-corrected chi connectivity index (χ2v) is 6.83. The molecule has 2 heterocycles. The number of likely N-dealkylation sites (N-methyl/N-ethyl adjacent to an activating group) is 1. The first-order valence-corrected chi connectivity index (χ1v) is 9.15. The average molecular weight is 336 g/mol. The summed E-state index contributed by atoms with van der Waals surface area (Å²) in [4.78, 5) is 14.9. The third-order valence-electron chi connectivity index (χ3n) is 5.33. The van der Waals surface area contributed by atoms with Crippen LogP contribution in [0.5, 0.6) is 0 Å². The zero-order valence-corrected chi connectivity index (χ0v) is 14.6. The van der Waals surface area contributed by atoms with Crippen LogP contribution >= 0.6 is 0 Å². The molecule has 1 atom stereocenters. The second kappa shape index (κ2) is 6.89. The fraction of sp³-hybridized carbons (Fsp3) is 0.381. The third kappa shape index (κ3) is 3.14. The first-order valence-electron chi connectivity index (χ1n) is 9.15. The molecule has 4 nitrogen and oxygen atoms in total. The normalized spacial score (nSPS) is 18.2. The summed E-state index contributed by atoms with van der Waals surface area (Å²) in [5.74, 6) is 0.0681. The summed E-state index contributed by atoms with van der Waals surface area (Å²) >= 11 is 0. The molecule has 130 valence electrons. The van der Waals surface area contributed by atoms with E-state index >= 15 is 0 Å². The molecule has 1 N–H and O–H groups in total. The molecule has 25 heavy (non-hydrogen) atoms. The van der Waals surface area contributed by atoms with Crippen molar-refractivity contribution in [3.8, 4) is 0 Å². The molecule has 1 aromatic heterocycles. The molecule has 1 unspecified atom stereocenters. The summed E-state index contributed by atoms with van der Waals surface area (Å²) in [7, 11) is 0. The van der Waals surface area contributed by atoms with Crippen molar-refractivity contribution >= 4 is 27.6 Å². The number of nitrogens with one attached hydrogen (secondary N) is 1. The maximum Gasteiger partial charge on any atom is 0.224 e. The van der Waals surface area contributed by atoms with E-state index in [0.29, 0.717) is 12.5 Å². The van der Waals surface area contributed by atoms with Crippen LogP contribution in [0.1, 0.15) is 25.3 Å². The molecule has 2 aromatic carbocycles. The van der Waals surface area contributed by atoms with Gasteiger partial charge in [0.15, 0.2) is 0 Å². The van der Waals surface area contributed by atoms with Crippen molar-refractivity contribution in [1.82, 2.24) is 10.2 Å². The average Bonchev–Trinajstić information content (AvgIpc) is 3.26. The molecule has 4 heteroatoms. The summed E-state index contributed by atoms with van der Waals surface area (Å²) in [5.41, 5.74) is 1.80. The van der Waals surface area contributed by atoms with Gasteiger partial charge in [-0.2, -0.15) is 0 Å². The predicted molar refractivity (Wildman–Crippen MR) is 101 cm³/mol. The molecule has 1 aliphatic rings. The third-order valence-corrected chi connectivity index (χ3v) is 5.33. The lowest BCUT2D eigenvalue weighted by Crippen LogP contribution is -2.40. The molecule has 1 amide bonds. The van der Waals surface area contributed by atoms with Crippen molar-refractivity contribution in [3.63, 3.8) is 0 Å². The minimum atomic E-state index is 0.0681. The molecule has 0 radical (unpaired) electrons. The highest BCUT2D eigenvalue weighted by molar-refractivity contribution is 6.08. The summed E-state index contributed by atoms with van der Waals surface area (Å²) < 4.78 is 5.68. The van der Waals surface area contributed by atoms with Gasteiger partial charge < -0.3 is 9.73 Å². The van der Waals surface area contributed by atoms with E-state index in [-0.39, 0.29) is 5.91 Å². The Labute approximate surface area is 147 Å². The van der Waals surface area contributed by atoms with Gasteiger partial charge in [0.25, 0.3) is 0 Å². The number of amides is 1. The highest BCUT2D eigenvalue weighted by Gasteiger charge is 2.23. The van der Waals surface area contributed by atoms with Crippen molar-refractivity contribution in [2.75, 3.05) is 19.6 Å². The Kier molecular flexibility index (Phi) is 4.45. The van der Waals surface area contributed by atoms with E-state index in [1.807, 2.05) is 18.2 Å². The highest BCUT2D eigenvalue weighted by Crippen LogP contribution is 2.30.